The van der Waals surface area contributed by atoms with E-state index in [0.717, 1.165) is 17.0 Å². The molecule has 2 rings (SSSR count). The monoisotopic (exact) mass is 253 g/mol. The largest absolute Gasteiger partial charge is 0.481 e. The smallest absolute Gasteiger partial charge is 0.305 e. The van der Waals surface area contributed by atoms with Crippen molar-refractivity contribution < 1.29 is 14.4 Å². The number of hydrogen-bond acceptors (Lipinski definition) is 5. The number of carboxylic acids is 1. The number of carbonyl (C=O) groups is 1. The van der Waals surface area contributed by atoms with Crippen molar-refractivity contribution in [1.82, 2.24) is 15.8 Å². The molecule has 0 bridgehead atoms. The van der Waals surface area contributed by atoms with Crippen LogP contribution in [0.3, 0.4) is 0 Å². The van der Waals surface area contributed by atoms with Gasteiger partial charge in [0.1, 0.15) is 5.76 Å². The molecule has 1 aliphatic heterocycles. The van der Waals surface area contributed by atoms with Crippen LogP contribution in [0, 0.1) is 13.8 Å². The molecule has 18 heavy (non-hydrogen) atoms. The van der Waals surface area contributed by atoms with Crippen molar-refractivity contribution in [2.75, 3.05) is 13.1 Å². The molecule has 2 heterocycles. The fraction of sp³-hybridized carbons (Fsp3) is 0.667. The van der Waals surface area contributed by atoms with Gasteiger partial charge in [0.05, 0.1) is 17.7 Å². The van der Waals surface area contributed by atoms with Crippen LogP contribution >= 0.6 is 0 Å². The molecule has 0 radical (unpaired) electrons. The van der Waals surface area contributed by atoms with E-state index in [1.165, 1.54) is 0 Å². The van der Waals surface area contributed by atoms with Gasteiger partial charge in [-0.05, 0) is 20.8 Å². The molecule has 0 amide bonds. The van der Waals surface area contributed by atoms with Crippen LogP contribution in [0.1, 0.15) is 36.4 Å². The lowest BCUT2D eigenvalue weighted by Crippen LogP contribution is -2.68. The lowest BCUT2D eigenvalue weighted by atomic mass is 9.87. The molecular formula is C12H19N3O3. The molecule has 0 spiro atoms. The molecule has 6 heteroatoms. The fourth-order valence-electron chi connectivity index (χ4n) is 2.63. The predicted molar refractivity (Wildman–Crippen MR) is 65.4 cm³/mol. The third kappa shape index (κ3) is 2.39. The second-order valence-corrected chi connectivity index (χ2v) is 5.06. The highest BCUT2D eigenvalue weighted by Gasteiger charge is 2.40. The molecule has 1 aromatic rings. The minimum atomic E-state index is -0.782. The summed E-state index contributed by atoms with van der Waals surface area (Å²) < 4.78 is 5.14. The van der Waals surface area contributed by atoms with Gasteiger partial charge in [-0.15, -0.1) is 0 Å². The molecule has 1 atom stereocenters. The van der Waals surface area contributed by atoms with Crippen molar-refractivity contribution in [3.63, 3.8) is 0 Å². The molecule has 0 aliphatic carbocycles. The van der Waals surface area contributed by atoms with Crippen molar-refractivity contribution in [1.29, 1.82) is 0 Å². The number of hydrogen-bond donors (Lipinski definition) is 3. The Kier molecular flexibility index (Phi) is 3.41. The topological polar surface area (TPSA) is 87.4 Å². The summed E-state index contributed by atoms with van der Waals surface area (Å²) in [6.07, 6.45) is 0.119. The van der Waals surface area contributed by atoms with E-state index in [9.17, 15) is 4.79 Å². The number of nitrogens with zero attached hydrogens (tertiary/aromatic N) is 1. The third-order valence-corrected chi connectivity index (χ3v) is 3.46. The number of aromatic nitrogens is 1. The van der Waals surface area contributed by atoms with Crippen LogP contribution in [-0.4, -0.2) is 34.9 Å². The molecule has 1 fully saturated rings. The van der Waals surface area contributed by atoms with Crippen LogP contribution in [0.4, 0.5) is 0 Å². The van der Waals surface area contributed by atoms with E-state index in [4.69, 9.17) is 9.63 Å². The zero-order valence-electron chi connectivity index (χ0n) is 10.9. The van der Waals surface area contributed by atoms with Crippen LogP contribution in [0.25, 0.3) is 0 Å². The summed E-state index contributed by atoms with van der Waals surface area (Å²) in [5.74, 6) is 0.000204. The standard InChI is InChI=1S/C12H19N3O3/c1-7(11-8(2)15-18-9(11)3)14-12(4-10(16)17)5-13-6-12/h7,13-14H,4-6H2,1-3H3,(H,16,17). The van der Waals surface area contributed by atoms with E-state index in [0.29, 0.717) is 13.1 Å². The summed E-state index contributed by atoms with van der Waals surface area (Å²) in [4.78, 5) is 10.9. The molecule has 100 valence electrons. The summed E-state index contributed by atoms with van der Waals surface area (Å²) in [5, 5.41) is 19.4. The first kappa shape index (κ1) is 13.0. The van der Waals surface area contributed by atoms with E-state index in [1.54, 1.807) is 0 Å². The number of aryl methyl sites for hydroxylation is 2. The molecule has 0 saturated carbocycles. The van der Waals surface area contributed by atoms with Crippen LogP contribution in [0.2, 0.25) is 0 Å². The minimum Gasteiger partial charge on any atom is -0.481 e. The Morgan fingerprint density at radius 2 is 2.28 bits per heavy atom. The second-order valence-electron chi connectivity index (χ2n) is 5.06. The van der Waals surface area contributed by atoms with E-state index >= 15 is 0 Å². The van der Waals surface area contributed by atoms with Gasteiger partial charge in [0, 0.05) is 24.7 Å². The van der Waals surface area contributed by atoms with Crippen LogP contribution in [0.5, 0.6) is 0 Å². The van der Waals surface area contributed by atoms with Gasteiger partial charge < -0.3 is 20.3 Å². The highest BCUT2D eigenvalue weighted by Crippen LogP contribution is 2.26. The Bertz CT molecular complexity index is 432. The van der Waals surface area contributed by atoms with E-state index in [2.05, 4.69) is 15.8 Å². The number of nitrogens with one attached hydrogen (secondary N) is 2. The first-order chi connectivity index (χ1) is 8.43. The second kappa shape index (κ2) is 4.70. The first-order valence-corrected chi connectivity index (χ1v) is 6.06. The highest BCUT2D eigenvalue weighted by molar-refractivity contribution is 5.69. The van der Waals surface area contributed by atoms with E-state index < -0.39 is 5.97 Å². The maximum absolute atomic E-state index is 10.9. The SMILES string of the molecule is Cc1noc(C)c1C(C)NC1(CC(=O)O)CNC1. The maximum atomic E-state index is 10.9. The van der Waals surface area contributed by atoms with Gasteiger partial charge in [0.15, 0.2) is 0 Å². The van der Waals surface area contributed by atoms with Crippen LogP contribution in [-0.2, 0) is 4.79 Å². The Balaban J connectivity index is 2.11. The predicted octanol–water partition coefficient (Wildman–Crippen LogP) is 0.759. The molecule has 3 N–H and O–H groups in total. The fourth-order valence-corrected chi connectivity index (χ4v) is 2.63. The maximum Gasteiger partial charge on any atom is 0.305 e. The summed E-state index contributed by atoms with van der Waals surface area (Å²) in [6.45, 7) is 7.12. The summed E-state index contributed by atoms with van der Waals surface area (Å²) in [6, 6.07) is 0.0256. The van der Waals surface area contributed by atoms with E-state index in [1.807, 2.05) is 20.8 Å². The number of rotatable bonds is 5. The van der Waals surface area contributed by atoms with Crippen molar-refractivity contribution in [2.45, 2.75) is 38.8 Å². The Hall–Kier alpha value is -1.40. The summed E-state index contributed by atoms with van der Waals surface area (Å²) >= 11 is 0. The van der Waals surface area contributed by atoms with Gasteiger partial charge in [-0.25, -0.2) is 0 Å². The molecule has 6 nitrogen and oxygen atoms in total. The lowest BCUT2D eigenvalue weighted by Gasteiger charge is -2.44. The molecular weight excluding hydrogens is 234 g/mol. The highest BCUT2D eigenvalue weighted by atomic mass is 16.5. The summed E-state index contributed by atoms with van der Waals surface area (Å²) in [7, 11) is 0. The van der Waals surface area contributed by atoms with Gasteiger partial charge in [-0.2, -0.15) is 0 Å². The molecule has 1 aromatic heterocycles. The van der Waals surface area contributed by atoms with Crippen molar-refractivity contribution in [2.24, 2.45) is 0 Å². The number of aliphatic carboxylic acids is 1. The molecule has 0 aromatic carbocycles. The zero-order valence-corrected chi connectivity index (χ0v) is 10.9. The zero-order chi connectivity index (χ0) is 13.3. The van der Waals surface area contributed by atoms with Gasteiger partial charge in [0.25, 0.3) is 0 Å². The number of carboxylic acid groups (broad SMARTS) is 1. The Labute approximate surface area is 106 Å². The van der Waals surface area contributed by atoms with Gasteiger partial charge in [-0.3, -0.25) is 4.79 Å². The minimum absolute atomic E-state index is 0.0256. The molecule has 1 unspecified atom stereocenters. The van der Waals surface area contributed by atoms with Crippen LogP contribution in [0.15, 0.2) is 4.52 Å². The van der Waals surface area contributed by atoms with Crippen molar-refractivity contribution in [3.05, 3.63) is 17.0 Å². The Morgan fingerprint density at radius 3 is 2.67 bits per heavy atom. The van der Waals surface area contributed by atoms with E-state index in [-0.39, 0.29) is 18.0 Å². The van der Waals surface area contributed by atoms with Gasteiger partial charge in [0.2, 0.25) is 0 Å². The Morgan fingerprint density at radius 1 is 1.61 bits per heavy atom. The quantitative estimate of drug-likeness (QED) is 0.718. The van der Waals surface area contributed by atoms with Gasteiger partial charge in [-0.1, -0.05) is 5.16 Å². The molecule has 1 aliphatic rings. The summed E-state index contributed by atoms with van der Waals surface area (Å²) in [5.41, 5.74) is 1.51. The van der Waals surface area contributed by atoms with Crippen molar-refractivity contribution >= 4 is 5.97 Å². The van der Waals surface area contributed by atoms with Crippen molar-refractivity contribution in [3.8, 4) is 0 Å². The van der Waals surface area contributed by atoms with Crippen LogP contribution < -0.4 is 10.6 Å². The van der Waals surface area contributed by atoms with Gasteiger partial charge >= 0.3 is 5.97 Å². The molecule has 1 saturated heterocycles. The average Bonchev–Trinajstić information content (AvgIpc) is 2.54. The third-order valence-electron chi connectivity index (χ3n) is 3.46. The lowest BCUT2D eigenvalue weighted by molar-refractivity contribution is -0.139. The average molecular weight is 253 g/mol. The first-order valence-electron chi connectivity index (χ1n) is 6.06. The normalized spacial score (nSPS) is 19.3.